The zero-order valence-corrected chi connectivity index (χ0v) is 17.8. The molecule has 0 saturated heterocycles. The van der Waals surface area contributed by atoms with Crippen molar-refractivity contribution in [2.75, 3.05) is 17.6 Å². The van der Waals surface area contributed by atoms with Crippen LogP contribution in [0, 0.1) is 13.8 Å². The molecule has 28 heavy (non-hydrogen) atoms. The number of rotatable bonds is 10. The van der Waals surface area contributed by atoms with Gasteiger partial charge in [-0.25, -0.2) is 13.1 Å². The third kappa shape index (κ3) is 7.50. The quantitative estimate of drug-likeness (QED) is 0.451. The summed E-state index contributed by atoms with van der Waals surface area (Å²) in [6.07, 6.45) is 1.90. The van der Waals surface area contributed by atoms with Crippen LogP contribution in [0.25, 0.3) is 0 Å². The lowest BCUT2D eigenvalue weighted by Crippen LogP contribution is -2.25. The molecule has 1 amide bonds. The lowest BCUT2D eigenvalue weighted by molar-refractivity contribution is -0.115. The van der Waals surface area contributed by atoms with E-state index in [2.05, 4.69) is 48.7 Å². The predicted octanol–water partition coefficient (Wildman–Crippen LogP) is 4.03. The summed E-state index contributed by atoms with van der Waals surface area (Å²) >= 11 is 1.66. The number of thioether (sulfide) groups is 1. The summed E-state index contributed by atoms with van der Waals surface area (Å²) in [6, 6.07) is 13.1. The number of nitrogens with one attached hydrogen (secondary N) is 2. The molecule has 0 atom stereocenters. The summed E-state index contributed by atoms with van der Waals surface area (Å²) in [6.45, 7) is 7.85. The number of anilines is 1. The van der Waals surface area contributed by atoms with Crippen LogP contribution in [0.4, 0.5) is 5.69 Å². The van der Waals surface area contributed by atoms with Crippen molar-refractivity contribution in [1.29, 1.82) is 0 Å². The number of hydrogen-bond acceptors (Lipinski definition) is 4. The lowest BCUT2D eigenvalue weighted by Gasteiger charge is -2.08. The number of hydrogen-bond donors (Lipinski definition) is 2. The van der Waals surface area contributed by atoms with E-state index in [1.165, 1.54) is 17.2 Å². The second-order valence-electron chi connectivity index (χ2n) is 6.49. The first kappa shape index (κ1) is 22.2. The van der Waals surface area contributed by atoms with Gasteiger partial charge in [-0.05, 0) is 54.8 Å². The standard InChI is InChI=1S/C21H26N2O3S2/c1-4-12-22-28(25,26)15-18-6-8-19(9-7-18)23-21(24)11-13-27-20-10-5-16(2)17(3)14-20/h4-10,14,22H,1,11-13,15H2,2-3H3,(H,23,24). The Balaban J connectivity index is 1.80. The first-order valence-corrected chi connectivity index (χ1v) is 11.6. The maximum Gasteiger partial charge on any atom is 0.225 e. The van der Waals surface area contributed by atoms with E-state index in [0.717, 1.165) is 4.90 Å². The van der Waals surface area contributed by atoms with E-state index in [9.17, 15) is 13.2 Å². The van der Waals surface area contributed by atoms with E-state index in [4.69, 9.17) is 0 Å². The molecular formula is C21H26N2O3S2. The molecule has 0 saturated carbocycles. The molecular weight excluding hydrogens is 392 g/mol. The van der Waals surface area contributed by atoms with Crippen molar-refractivity contribution in [1.82, 2.24) is 4.72 Å². The fraction of sp³-hybridized carbons (Fsp3) is 0.286. The highest BCUT2D eigenvalue weighted by Gasteiger charge is 2.10. The Hall–Kier alpha value is -2.09. The van der Waals surface area contributed by atoms with E-state index in [1.807, 2.05) is 0 Å². The molecule has 2 aromatic rings. The molecule has 0 unspecified atom stereocenters. The Morgan fingerprint density at radius 2 is 1.82 bits per heavy atom. The topological polar surface area (TPSA) is 75.3 Å². The zero-order chi connectivity index (χ0) is 20.6. The van der Waals surface area contributed by atoms with Crippen LogP contribution in [-0.2, 0) is 20.6 Å². The SMILES string of the molecule is C=CCNS(=O)(=O)Cc1ccc(NC(=O)CCSc2ccc(C)c(C)c2)cc1. The molecule has 7 heteroatoms. The number of carbonyl (C=O) groups is 1. The Kier molecular flexibility index (Phi) is 8.29. The highest BCUT2D eigenvalue weighted by atomic mass is 32.2. The van der Waals surface area contributed by atoms with Gasteiger partial charge < -0.3 is 5.32 Å². The van der Waals surface area contributed by atoms with Crippen molar-refractivity contribution in [2.45, 2.75) is 30.9 Å². The third-order valence-corrected chi connectivity index (χ3v) is 6.43. The van der Waals surface area contributed by atoms with Gasteiger partial charge >= 0.3 is 0 Å². The molecule has 0 aliphatic rings. The molecule has 2 aromatic carbocycles. The van der Waals surface area contributed by atoms with Gasteiger partial charge in [0.05, 0.1) is 5.75 Å². The minimum Gasteiger partial charge on any atom is -0.326 e. The highest BCUT2D eigenvalue weighted by Crippen LogP contribution is 2.22. The van der Waals surface area contributed by atoms with Crippen molar-refractivity contribution in [2.24, 2.45) is 0 Å². The maximum atomic E-state index is 12.1. The van der Waals surface area contributed by atoms with Gasteiger partial charge in [0.1, 0.15) is 0 Å². The summed E-state index contributed by atoms with van der Waals surface area (Å²) in [5.41, 5.74) is 3.81. The number of amides is 1. The minimum atomic E-state index is -3.39. The average molecular weight is 419 g/mol. The molecule has 0 heterocycles. The zero-order valence-electron chi connectivity index (χ0n) is 16.2. The number of benzene rings is 2. The van der Waals surface area contributed by atoms with Crippen molar-refractivity contribution < 1.29 is 13.2 Å². The minimum absolute atomic E-state index is 0.0654. The van der Waals surface area contributed by atoms with Crippen molar-refractivity contribution in [3.05, 3.63) is 71.8 Å². The third-order valence-electron chi connectivity index (χ3n) is 4.12. The molecule has 0 aliphatic carbocycles. The van der Waals surface area contributed by atoms with E-state index in [1.54, 1.807) is 36.0 Å². The highest BCUT2D eigenvalue weighted by molar-refractivity contribution is 7.99. The van der Waals surface area contributed by atoms with Gasteiger partial charge in [-0.1, -0.05) is 24.3 Å². The first-order valence-electron chi connectivity index (χ1n) is 8.96. The molecule has 150 valence electrons. The van der Waals surface area contributed by atoms with E-state index in [-0.39, 0.29) is 18.2 Å². The van der Waals surface area contributed by atoms with Crippen molar-refractivity contribution in [3.63, 3.8) is 0 Å². The summed E-state index contributed by atoms with van der Waals surface area (Å²) in [5.74, 6) is 0.519. The maximum absolute atomic E-state index is 12.1. The molecule has 0 aromatic heterocycles. The van der Waals surface area contributed by atoms with Gasteiger partial charge in [0, 0.05) is 29.3 Å². The summed E-state index contributed by atoms with van der Waals surface area (Å²) in [7, 11) is -3.39. The van der Waals surface area contributed by atoms with Gasteiger partial charge in [0.15, 0.2) is 0 Å². The molecule has 2 N–H and O–H groups in total. The number of aryl methyl sites for hydroxylation is 2. The summed E-state index contributed by atoms with van der Waals surface area (Å²) in [5, 5.41) is 2.84. The number of sulfonamides is 1. The van der Waals surface area contributed by atoms with Gasteiger partial charge in [-0.3, -0.25) is 4.79 Å². The van der Waals surface area contributed by atoms with Crippen LogP contribution in [0.5, 0.6) is 0 Å². The number of carbonyl (C=O) groups excluding carboxylic acids is 1. The molecule has 0 spiro atoms. The average Bonchev–Trinajstić information content (AvgIpc) is 2.64. The fourth-order valence-electron chi connectivity index (χ4n) is 2.43. The smallest absolute Gasteiger partial charge is 0.225 e. The predicted molar refractivity (Wildman–Crippen MR) is 117 cm³/mol. The Labute approximate surface area is 171 Å². The largest absolute Gasteiger partial charge is 0.326 e. The van der Waals surface area contributed by atoms with E-state index >= 15 is 0 Å². The van der Waals surface area contributed by atoms with E-state index in [0.29, 0.717) is 23.4 Å². The molecule has 0 aliphatic heterocycles. The van der Waals surface area contributed by atoms with Gasteiger partial charge in [0.25, 0.3) is 0 Å². The van der Waals surface area contributed by atoms with Crippen LogP contribution < -0.4 is 10.0 Å². The van der Waals surface area contributed by atoms with Gasteiger partial charge in [-0.2, -0.15) is 0 Å². The first-order chi connectivity index (χ1) is 13.3. The Bertz CT molecular complexity index is 923. The molecule has 5 nitrogen and oxygen atoms in total. The van der Waals surface area contributed by atoms with E-state index < -0.39 is 10.0 Å². The van der Waals surface area contributed by atoms with Crippen LogP contribution in [0.3, 0.4) is 0 Å². The monoisotopic (exact) mass is 418 g/mol. The van der Waals surface area contributed by atoms with Crippen LogP contribution in [0.1, 0.15) is 23.1 Å². The van der Waals surface area contributed by atoms with Crippen LogP contribution in [-0.4, -0.2) is 26.6 Å². The van der Waals surface area contributed by atoms with Crippen LogP contribution in [0.15, 0.2) is 60.0 Å². The second-order valence-corrected chi connectivity index (χ2v) is 9.46. The Morgan fingerprint density at radius 1 is 1.11 bits per heavy atom. The van der Waals surface area contributed by atoms with Crippen molar-refractivity contribution in [3.8, 4) is 0 Å². The fourth-order valence-corrected chi connectivity index (χ4v) is 4.48. The van der Waals surface area contributed by atoms with Gasteiger partial charge in [0.2, 0.25) is 15.9 Å². The second kappa shape index (κ2) is 10.5. The van der Waals surface area contributed by atoms with Crippen molar-refractivity contribution >= 4 is 33.4 Å². The summed E-state index contributed by atoms with van der Waals surface area (Å²) < 4.78 is 26.2. The molecule has 2 rings (SSSR count). The normalized spacial score (nSPS) is 11.2. The van der Waals surface area contributed by atoms with Crippen LogP contribution >= 0.6 is 11.8 Å². The Morgan fingerprint density at radius 3 is 2.46 bits per heavy atom. The summed E-state index contributed by atoms with van der Waals surface area (Å²) in [4.78, 5) is 13.3. The van der Waals surface area contributed by atoms with Crippen LogP contribution in [0.2, 0.25) is 0 Å². The molecule has 0 radical (unpaired) electrons. The van der Waals surface area contributed by atoms with Gasteiger partial charge in [-0.15, -0.1) is 18.3 Å². The molecule has 0 fully saturated rings. The molecule has 0 bridgehead atoms. The lowest BCUT2D eigenvalue weighted by atomic mass is 10.1.